The lowest BCUT2D eigenvalue weighted by Crippen LogP contribution is -2.50. The zero-order valence-electron chi connectivity index (χ0n) is 15.0. The van der Waals surface area contributed by atoms with Crippen LogP contribution in [0.2, 0.25) is 0 Å². The molecule has 2 aliphatic heterocycles. The molecule has 140 valence electrons. The fraction of sp³-hybridized carbons (Fsp3) is 0.250. The van der Waals surface area contributed by atoms with E-state index >= 15 is 0 Å². The predicted octanol–water partition coefficient (Wildman–Crippen LogP) is 3.01. The van der Waals surface area contributed by atoms with Crippen LogP contribution in [0, 0.1) is 0 Å². The van der Waals surface area contributed by atoms with Crippen LogP contribution in [-0.4, -0.2) is 19.0 Å². The fourth-order valence-electron chi connectivity index (χ4n) is 2.99. The Labute approximate surface area is 156 Å². The van der Waals surface area contributed by atoms with E-state index in [1.165, 1.54) is 11.8 Å². The van der Waals surface area contributed by atoms with Crippen LogP contribution in [0.3, 0.4) is 0 Å². The number of nitrogens with two attached hydrogens (primary N) is 1. The van der Waals surface area contributed by atoms with Gasteiger partial charge in [-0.05, 0) is 24.1 Å². The number of nitrogens with one attached hydrogen (secondary N) is 2. The van der Waals surface area contributed by atoms with E-state index in [0.29, 0.717) is 30.4 Å². The first kappa shape index (κ1) is 17.4. The van der Waals surface area contributed by atoms with Crippen molar-refractivity contribution in [3.8, 4) is 11.5 Å². The molecule has 27 heavy (non-hydrogen) atoms. The van der Waals surface area contributed by atoms with Crippen molar-refractivity contribution in [2.45, 2.75) is 19.1 Å². The van der Waals surface area contributed by atoms with Gasteiger partial charge >= 0.3 is 0 Å². The van der Waals surface area contributed by atoms with Gasteiger partial charge in [0.05, 0.1) is 0 Å². The lowest BCUT2D eigenvalue weighted by Gasteiger charge is -2.30. The van der Waals surface area contributed by atoms with Crippen molar-refractivity contribution < 1.29 is 13.9 Å². The number of anilines is 1. The van der Waals surface area contributed by atoms with Gasteiger partial charge in [-0.2, -0.15) is 0 Å². The molecule has 0 saturated carbocycles. The SMILES string of the molecule is CCc1ccc(C2(N)N=C(Nc3ccc4c(c3)OCCO4)C(F)=CN2)cc1. The van der Waals surface area contributed by atoms with Crippen LogP contribution < -0.4 is 25.8 Å². The summed E-state index contributed by atoms with van der Waals surface area (Å²) in [5.74, 6) is -0.458. The third-order valence-electron chi connectivity index (χ3n) is 4.54. The van der Waals surface area contributed by atoms with E-state index < -0.39 is 11.6 Å². The predicted molar refractivity (Wildman–Crippen MR) is 103 cm³/mol. The van der Waals surface area contributed by atoms with Gasteiger partial charge in [-0.25, -0.2) is 9.38 Å². The summed E-state index contributed by atoms with van der Waals surface area (Å²) in [4.78, 5) is 4.38. The lowest BCUT2D eigenvalue weighted by molar-refractivity contribution is 0.171. The molecular weight excluding hydrogens is 347 g/mol. The van der Waals surface area contributed by atoms with E-state index in [4.69, 9.17) is 15.2 Å². The fourth-order valence-corrected chi connectivity index (χ4v) is 2.99. The summed E-state index contributed by atoms with van der Waals surface area (Å²) in [6.45, 7) is 3.08. The summed E-state index contributed by atoms with van der Waals surface area (Å²) in [6.07, 6.45) is 2.15. The Morgan fingerprint density at radius 1 is 1.15 bits per heavy atom. The molecule has 2 aliphatic rings. The van der Waals surface area contributed by atoms with Crippen molar-refractivity contribution in [3.63, 3.8) is 0 Å². The smallest absolute Gasteiger partial charge is 0.211 e. The molecule has 6 nitrogen and oxygen atoms in total. The van der Waals surface area contributed by atoms with Crippen LogP contribution in [0.25, 0.3) is 0 Å². The highest BCUT2D eigenvalue weighted by Gasteiger charge is 2.31. The topological polar surface area (TPSA) is 80.9 Å². The minimum atomic E-state index is -1.25. The Morgan fingerprint density at radius 3 is 2.63 bits per heavy atom. The monoisotopic (exact) mass is 368 g/mol. The molecule has 0 aliphatic carbocycles. The number of benzene rings is 2. The van der Waals surface area contributed by atoms with Gasteiger partial charge < -0.3 is 20.1 Å². The van der Waals surface area contributed by atoms with Gasteiger partial charge in [0.15, 0.2) is 23.2 Å². The molecule has 0 amide bonds. The largest absolute Gasteiger partial charge is 0.486 e. The average molecular weight is 368 g/mol. The molecule has 2 aromatic carbocycles. The molecule has 2 aromatic rings. The molecule has 0 saturated heterocycles. The number of aryl methyl sites for hydroxylation is 1. The zero-order valence-corrected chi connectivity index (χ0v) is 15.0. The molecule has 1 unspecified atom stereocenters. The van der Waals surface area contributed by atoms with Crippen molar-refractivity contribution in [2.24, 2.45) is 10.7 Å². The van der Waals surface area contributed by atoms with Crippen LogP contribution in [-0.2, 0) is 12.2 Å². The summed E-state index contributed by atoms with van der Waals surface area (Å²) in [7, 11) is 0. The second kappa shape index (κ2) is 6.92. The molecule has 2 heterocycles. The summed E-state index contributed by atoms with van der Waals surface area (Å²) < 4.78 is 25.4. The summed E-state index contributed by atoms with van der Waals surface area (Å²) >= 11 is 0. The Bertz CT molecular complexity index is 911. The maximum absolute atomic E-state index is 14.3. The summed E-state index contributed by atoms with van der Waals surface area (Å²) in [5.41, 5.74) is 8.96. The third kappa shape index (κ3) is 3.46. The van der Waals surface area contributed by atoms with Gasteiger partial charge in [0, 0.05) is 23.5 Å². The molecule has 0 aromatic heterocycles. The number of amidine groups is 1. The van der Waals surface area contributed by atoms with Gasteiger partial charge in [0.2, 0.25) is 5.79 Å². The van der Waals surface area contributed by atoms with Crippen LogP contribution in [0.5, 0.6) is 11.5 Å². The number of hydrogen-bond donors (Lipinski definition) is 3. The highest BCUT2D eigenvalue weighted by atomic mass is 19.1. The quantitative estimate of drug-likeness (QED) is 0.776. The molecule has 0 fully saturated rings. The summed E-state index contributed by atoms with van der Waals surface area (Å²) in [6, 6.07) is 13.1. The van der Waals surface area contributed by atoms with E-state index in [0.717, 1.165) is 12.0 Å². The van der Waals surface area contributed by atoms with E-state index in [2.05, 4.69) is 22.5 Å². The van der Waals surface area contributed by atoms with Crippen molar-refractivity contribution >= 4 is 11.5 Å². The number of ether oxygens (including phenoxy) is 2. The van der Waals surface area contributed by atoms with Crippen LogP contribution >= 0.6 is 0 Å². The normalized spacial score (nSPS) is 21.0. The molecule has 0 radical (unpaired) electrons. The van der Waals surface area contributed by atoms with E-state index in [-0.39, 0.29) is 5.84 Å². The molecular formula is C20H21FN4O2. The number of hydrogen-bond acceptors (Lipinski definition) is 6. The van der Waals surface area contributed by atoms with E-state index in [9.17, 15) is 4.39 Å². The van der Waals surface area contributed by atoms with Gasteiger partial charge in [-0.1, -0.05) is 31.2 Å². The summed E-state index contributed by atoms with van der Waals surface area (Å²) in [5, 5.41) is 5.81. The first-order chi connectivity index (χ1) is 13.1. The minimum Gasteiger partial charge on any atom is -0.486 e. The van der Waals surface area contributed by atoms with Crippen molar-refractivity contribution in [1.29, 1.82) is 0 Å². The van der Waals surface area contributed by atoms with Crippen molar-refractivity contribution in [3.05, 3.63) is 65.6 Å². The second-order valence-corrected chi connectivity index (χ2v) is 6.40. The van der Waals surface area contributed by atoms with Crippen LogP contribution in [0.4, 0.5) is 10.1 Å². The number of halogens is 1. The Kier molecular flexibility index (Phi) is 4.45. The molecule has 0 bridgehead atoms. The van der Waals surface area contributed by atoms with Crippen LogP contribution in [0.1, 0.15) is 18.1 Å². The molecule has 4 N–H and O–H groups in total. The minimum absolute atomic E-state index is 0.0486. The Balaban J connectivity index is 1.61. The first-order valence-corrected chi connectivity index (χ1v) is 8.86. The van der Waals surface area contributed by atoms with Gasteiger partial charge in [0.25, 0.3) is 0 Å². The maximum atomic E-state index is 14.3. The van der Waals surface area contributed by atoms with Crippen molar-refractivity contribution in [2.75, 3.05) is 18.5 Å². The first-order valence-electron chi connectivity index (χ1n) is 8.86. The van der Waals surface area contributed by atoms with Gasteiger partial charge in [-0.15, -0.1) is 0 Å². The second-order valence-electron chi connectivity index (χ2n) is 6.40. The number of aliphatic imine (C=N–C) groups is 1. The highest BCUT2D eigenvalue weighted by molar-refractivity contribution is 6.07. The molecule has 0 spiro atoms. The van der Waals surface area contributed by atoms with Crippen LogP contribution in [0.15, 0.2) is 59.5 Å². The van der Waals surface area contributed by atoms with Gasteiger partial charge in [0.1, 0.15) is 13.2 Å². The van der Waals surface area contributed by atoms with E-state index in [1.807, 2.05) is 24.3 Å². The van der Waals surface area contributed by atoms with Gasteiger partial charge in [-0.3, -0.25) is 5.73 Å². The molecule has 7 heteroatoms. The Morgan fingerprint density at radius 2 is 1.89 bits per heavy atom. The lowest BCUT2D eigenvalue weighted by atomic mass is 10.0. The van der Waals surface area contributed by atoms with E-state index in [1.54, 1.807) is 18.2 Å². The van der Waals surface area contributed by atoms with Crippen molar-refractivity contribution in [1.82, 2.24) is 5.32 Å². The molecule has 4 rings (SSSR count). The third-order valence-corrected chi connectivity index (χ3v) is 4.54. The Hall–Kier alpha value is -3.06. The average Bonchev–Trinajstić information content (AvgIpc) is 2.71. The zero-order chi connectivity index (χ0) is 18.9. The number of fused-ring (bicyclic) bond motifs is 1. The number of nitrogens with zero attached hydrogens (tertiary/aromatic N) is 1. The maximum Gasteiger partial charge on any atom is 0.211 e. The standard InChI is InChI=1S/C20H21FN4O2/c1-2-13-3-5-14(6-4-13)20(22)23-12-16(21)19(25-20)24-15-7-8-17-18(11-15)27-10-9-26-17/h3-8,11-12,23H,2,9-10,22H2,1H3,(H,24,25). The number of rotatable bonds is 3. The molecule has 1 atom stereocenters. The highest BCUT2D eigenvalue weighted by Crippen LogP contribution is 2.33.